The van der Waals surface area contributed by atoms with Gasteiger partial charge in [-0.05, 0) is 17.7 Å². The van der Waals surface area contributed by atoms with E-state index >= 15 is 0 Å². The first kappa shape index (κ1) is 15.9. The quantitative estimate of drug-likeness (QED) is 0.831. The van der Waals surface area contributed by atoms with Gasteiger partial charge in [0.05, 0.1) is 21.9 Å². The summed E-state index contributed by atoms with van der Waals surface area (Å²) in [4.78, 5) is 12.1. The highest BCUT2D eigenvalue weighted by molar-refractivity contribution is 6.42. The Labute approximate surface area is 143 Å². The summed E-state index contributed by atoms with van der Waals surface area (Å²) in [5.74, 6) is -0.405. The first-order chi connectivity index (χ1) is 11.0. The van der Waals surface area contributed by atoms with Gasteiger partial charge in [-0.1, -0.05) is 59.6 Å². The maximum Gasteiger partial charge on any atom is 0.272 e. The van der Waals surface area contributed by atoms with Crippen molar-refractivity contribution < 1.29 is 10.0 Å². The number of hydrogen-bond donors (Lipinski definition) is 2. The van der Waals surface area contributed by atoms with Crippen LogP contribution in [-0.4, -0.2) is 22.2 Å². The van der Waals surface area contributed by atoms with Gasteiger partial charge in [-0.25, -0.2) is 0 Å². The summed E-state index contributed by atoms with van der Waals surface area (Å²) in [7, 11) is 0. The largest absolute Gasteiger partial charge is 0.372 e. The number of hydroxylamine groups is 2. The van der Waals surface area contributed by atoms with Gasteiger partial charge in [0.1, 0.15) is 6.04 Å². The maximum absolute atomic E-state index is 12.1. The van der Waals surface area contributed by atoms with Gasteiger partial charge in [0.15, 0.2) is 0 Å². The zero-order chi connectivity index (χ0) is 16.4. The fourth-order valence-electron chi connectivity index (χ4n) is 2.44. The van der Waals surface area contributed by atoms with Crippen LogP contribution in [0, 0.1) is 0 Å². The van der Waals surface area contributed by atoms with Crippen LogP contribution in [0.3, 0.4) is 0 Å². The minimum Gasteiger partial charge on any atom is -0.372 e. The predicted octanol–water partition coefficient (Wildman–Crippen LogP) is 3.72. The lowest BCUT2D eigenvalue weighted by atomic mass is 10.0. The molecule has 0 aliphatic carbocycles. The summed E-state index contributed by atoms with van der Waals surface area (Å²) in [5, 5.41) is 14.5. The first-order valence-corrected chi connectivity index (χ1v) is 7.80. The standard InChI is InChI=1S/C17H14Cl2N2O2/c18-13-7-6-12(9-14(13)19)16-10-21(23)17(22)15(20-16)8-11-4-2-1-3-5-11/h1-7,9-10,15,20,23H,8H2. The molecule has 4 nitrogen and oxygen atoms in total. The molecule has 1 unspecified atom stereocenters. The number of rotatable bonds is 3. The van der Waals surface area contributed by atoms with Crippen LogP contribution in [0.5, 0.6) is 0 Å². The zero-order valence-corrected chi connectivity index (χ0v) is 13.6. The van der Waals surface area contributed by atoms with Crippen LogP contribution in [-0.2, 0) is 11.2 Å². The number of carbonyl (C=O) groups excluding carboxylic acids is 1. The topological polar surface area (TPSA) is 52.6 Å². The zero-order valence-electron chi connectivity index (χ0n) is 12.0. The minimum absolute atomic E-state index is 0.405. The van der Waals surface area contributed by atoms with Gasteiger partial charge >= 0.3 is 0 Å². The summed E-state index contributed by atoms with van der Waals surface area (Å²) in [6.45, 7) is 0. The lowest BCUT2D eigenvalue weighted by Gasteiger charge is -2.29. The van der Waals surface area contributed by atoms with E-state index < -0.39 is 11.9 Å². The Balaban J connectivity index is 1.86. The molecule has 0 radical (unpaired) electrons. The second kappa shape index (κ2) is 6.62. The Kier molecular flexibility index (Phi) is 4.57. The van der Waals surface area contributed by atoms with E-state index in [1.807, 2.05) is 30.3 Å². The van der Waals surface area contributed by atoms with Gasteiger partial charge < -0.3 is 5.32 Å². The van der Waals surface area contributed by atoms with E-state index in [2.05, 4.69) is 5.32 Å². The molecule has 0 fully saturated rings. The lowest BCUT2D eigenvalue weighted by Crippen LogP contribution is -2.48. The monoisotopic (exact) mass is 348 g/mol. The summed E-state index contributed by atoms with van der Waals surface area (Å²) in [5.41, 5.74) is 2.35. The average molecular weight is 349 g/mol. The van der Waals surface area contributed by atoms with Gasteiger partial charge in [-0.3, -0.25) is 10.0 Å². The van der Waals surface area contributed by atoms with Crippen LogP contribution in [0.25, 0.3) is 5.70 Å². The molecule has 1 heterocycles. The molecule has 0 saturated carbocycles. The van der Waals surface area contributed by atoms with E-state index in [1.165, 1.54) is 6.20 Å². The number of nitrogens with one attached hydrogen (secondary N) is 1. The third-order valence-corrected chi connectivity index (χ3v) is 4.36. The van der Waals surface area contributed by atoms with Crippen LogP contribution in [0.1, 0.15) is 11.1 Å². The Hall–Kier alpha value is -2.01. The van der Waals surface area contributed by atoms with Crippen molar-refractivity contribution in [3.8, 4) is 0 Å². The summed E-state index contributed by atoms with van der Waals surface area (Å²) < 4.78 is 0. The smallest absolute Gasteiger partial charge is 0.272 e. The van der Waals surface area contributed by atoms with E-state index in [0.717, 1.165) is 11.1 Å². The van der Waals surface area contributed by atoms with Crippen molar-refractivity contribution in [1.82, 2.24) is 10.4 Å². The molecule has 0 bridgehead atoms. The Bertz CT molecular complexity index is 762. The van der Waals surface area contributed by atoms with Crippen LogP contribution >= 0.6 is 23.2 Å². The third kappa shape index (κ3) is 3.50. The number of nitrogens with zero attached hydrogens (tertiary/aromatic N) is 1. The average Bonchev–Trinajstić information content (AvgIpc) is 2.55. The second-order valence-electron chi connectivity index (χ2n) is 5.24. The summed E-state index contributed by atoms with van der Waals surface area (Å²) >= 11 is 12.0. The number of carbonyl (C=O) groups is 1. The van der Waals surface area contributed by atoms with E-state index in [1.54, 1.807) is 18.2 Å². The van der Waals surface area contributed by atoms with Crippen LogP contribution in [0.4, 0.5) is 0 Å². The molecule has 1 amide bonds. The van der Waals surface area contributed by atoms with Gasteiger partial charge in [-0.2, -0.15) is 5.06 Å². The minimum atomic E-state index is -0.558. The highest BCUT2D eigenvalue weighted by Crippen LogP contribution is 2.27. The molecule has 2 aromatic carbocycles. The third-order valence-electron chi connectivity index (χ3n) is 3.62. The van der Waals surface area contributed by atoms with Gasteiger partial charge in [-0.15, -0.1) is 0 Å². The Morgan fingerprint density at radius 3 is 2.52 bits per heavy atom. The Morgan fingerprint density at radius 2 is 1.83 bits per heavy atom. The molecule has 0 saturated heterocycles. The molecule has 1 atom stereocenters. The van der Waals surface area contributed by atoms with Crippen molar-refractivity contribution in [2.75, 3.05) is 0 Å². The molecular formula is C17H14Cl2N2O2. The number of benzene rings is 2. The Morgan fingerprint density at radius 1 is 1.09 bits per heavy atom. The molecule has 0 spiro atoms. The first-order valence-electron chi connectivity index (χ1n) is 7.04. The van der Waals surface area contributed by atoms with Crippen molar-refractivity contribution in [3.05, 3.63) is 75.9 Å². The van der Waals surface area contributed by atoms with Crippen molar-refractivity contribution in [2.24, 2.45) is 0 Å². The van der Waals surface area contributed by atoms with Gasteiger partial charge in [0.2, 0.25) is 0 Å². The maximum atomic E-state index is 12.1. The fraction of sp³-hybridized carbons (Fsp3) is 0.118. The predicted molar refractivity (Wildman–Crippen MR) is 90.1 cm³/mol. The lowest BCUT2D eigenvalue weighted by molar-refractivity contribution is -0.157. The van der Waals surface area contributed by atoms with E-state index in [-0.39, 0.29) is 0 Å². The molecule has 3 rings (SSSR count). The second-order valence-corrected chi connectivity index (χ2v) is 6.06. The fourth-order valence-corrected chi connectivity index (χ4v) is 2.74. The van der Waals surface area contributed by atoms with Crippen molar-refractivity contribution in [1.29, 1.82) is 0 Å². The summed E-state index contributed by atoms with van der Waals surface area (Å²) in [6, 6.07) is 14.2. The number of halogens is 2. The van der Waals surface area contributed by atoms with E-state index in [0.29, 0.717) is 27.2 Å². The van der Waals surface area contributed by atoms with Crippen LogP contribution in [0.2, 0.25) is 10.0 Å². The van der Waals surface area contributed by atoms with Crippen molar-refractivity contribution >= 4 is 34.8 Å². The molecule has 2 aromatic rings. The molecular weight excluding hydrogens is 335 g/mol. The molecule has 6 heteroatoms. The van der Waals surface area contributed by atoms with Crippen molar-refractivity contribution in [2.45, 2.75) is 12.5 Å². The molecule has 1 aliphatic heterocycles. The highest BCUT2D eigenvalue weighted by Gasteiger charge is 2.28. The SMILES string of the molecule is O=C1C(Cc2ccccc2)NC(c2ccc(Cl)c(Cl)c2)=CN1O. The highest BCUT2D eigenvalue weighted by atomic mass is 35.5. The molecule has 0 aromatic heterocycles. The van der Waals surface area contributed by atoms with E-state index in [9.17, 15) is 10.0 Å². The molecule has 23 heavy (non-hydrogen) atoms. The van der Waals surface area contributed by atoms with Gasteiger partial charge in [0, 0.05) is 12.0 Å². The molecule has 1 aliphatic rings. The molecule has 2 N–H and O–H groups in total. The number of hydrogen-bond acceptors (Lipinski definition) is 3. The van der Waals surface area contributed by atoms with Gasteiger partial charge in [0.25, 0.3) is 5.91 Å². The molecule has 118 valence electrons. The van der Waals surface area contributed by atoms with E-state index in [4.69, 9.17) is 23.2 Å². The normalized spacial score (nSPS) is 17.7. The van der Waals surface area contributed by atoms with Crippen molar-refractivity contribution in [3.63, 3.8) is 0 Å². The van der Waals surface area contributed by atoms with Crippen LogP contribution < -0.4 is 5.32 Å². The van der Waals surface area contributed by atoms with Crippen LogP contribution in [0.15, 0.2) is 54.7 Å². The number of amides is 1. The summed E-state index contributed by atoms with van der Waals surface area (Å²) in [6.07, 6.45) is 1.80.